The van der Waals surface area contributed by atoms with E-state index in [1.807, 2.05) is 37.3 Å². The van der Waals surface area contributed by atoms with Crippen molar-refractivity contribution in [3.8, 4) is 11.5 Å². The Morgan fingerprint density at radius 2 is 1.96 bits per heavy atom. The fourth-order valence-corrected chi connectivity index (χ4v) is 4.02. The van der Waals surface area contributed by atoms with Crippen molar-refractivity contribution in [1.29, 1.82) is 0 Å². The predicted octanol–water partition coefficient (Wildman–Crippen LogP) is 4.04. The van der Waals surface area contributed by atoms with E-state index in [1.54, 1.807) is 11.8 Å². The number of nitrogens with one attached hydrogen (secondary N) is 2. The minimum Gasteiger partial charge on any atom is -0.441 e. The van der Waals surface area contributed by atoms with Gasteiger partial charge in [0.1, 0.15) is 5.76 Å². The Kier molecular flexibility index (Phi) is 6.92. The van der Waals surface area contributed by atoms with E-state index in [4.69, 9.17) is 4.42 Å². The van der Waals surface area contributed by atoms with Crippen molar-refractivity contribution >= 4 is 23.7 Å². The number of hydrogen-bond donors (Lipinski definition) is 2. The van der Waals surface area contributed by atoms with E-state index in [-0.39, 0.29) is 18.0 Å². The molecule has 144 valence electrons. The highest BCUT2D eigenvalue weighted by atomic mass is 32.2. The van der Waals surface area contributed by atoms with Crippen LogP contribution >= 0.6 is 11.8 Å². The van der Waals surface area contributed by atoms with Gasteiger partial charge in [0.15, 0.2) is 0 Å². The number of aryl methyl sites for hydroxylation is 1. The summed E-state index contributed by atoms with van der Waals surface area (Å²) in [6.07, 6.45) is 4.58. The van der Waals surface area contributed by atoms with Gasteiger partial charge in [0.2, 0.25) is 11.8 Å². The highest BCUT2D eigenvalue weighted by molar-refractivity contribution is 7.98. The predicted molar refractivity (Wildman–Crippen MR) is 106 cm³/mol. The average molecular weight is 388 g/mol. The number of hydrogen-bond acceptors (Lipinski definition) is 5. The Balaban J connectivity index is 1.38. The largest absolute Gasteiger partial charge is 0.441 e. The van der Waals surface area contributed by atoms with Gasteiger partial charge in [-0.15, -0.1) is 0 Å². The Morgan fingerprint density at radius 1 is 1.22 bits per heavy atom. The first-order valence-corrected chi connectivity index (χ1v) is 10.5. The molecule has 6 nitrogen and oxygen atoms in total. The van der Waals surface area contributed by atoms with E-state index in [0.717, 1.165) is 42.7 Å². The highest BCUT2D eigenvalue weighted by Gasteiger charge is 2.18. The van der Waals surface area contributed by atoms with Gasteiger partial charge in [-0.3, -0.25) is 10.1 Å². The van der Waals surface area contributed by atoms with Crippen molar-refractivity contribution in [2.45, 2.75) is 50.8 Å². The normalized spacial score (nSPS) is 14.3. The maximum absolute atomic E-state index is 11.9. The van der Waals surface area contributed by atoms with E-state index >= 15 is 0 Å². The number of urea groups is 1. The summed E-state index contributed by atoms with van der Waals surface area (Å²) in [6.45, 7) is 1.90. The maximum atomic E-state index is 11.9. The van der Waals surface area contributed by atoms with E-state index in [2.05, 4.69) is 15.6 Å². The number of thioether (sulfide) groups is 1. The lowest BCUT2D eigenvalue weighted by Crippen LogP contribution is -2.43. The van der Waals surface area contributed by atoms with Crippen molar-refractivity contribution in [3.63, 3.8) is 0 Å². The van der Waals surface area contributed by atoms with Crippen LogP contribution in [0.5, 0.6) is 0 Å². The van der Waals surface area contributed by atoms with Gasteiger partial charge in [0.05, 0.1) is 5.69 Å². The topological polar surface area (TPSA) is 84.2 Å². The molecule has 0 atom stereocenters. The molecule has 0 radical (unpaired) electrons. The van der Waals surface area contributed by atoms with E-state index in [0.29, 0.717) is 23.8 Å². The summed E-state index contributed by atoms with van der Waals surface area (Å²) in [4.78, 5) is 28.2. The number of oxazole rings is 1. The summed E-state index contributed by atoms with van der Waals surface area (Å²) < 4.78 is 5.74. The molecule has 1 heterocycles. The molecule has 0 bridgehead atoms. The van der Waals surface area contributed by atoms with E-state index in [9.17, 15) is 9.59 Å². The van der Waals surface area contributed by atoms with Crippen LogP contribution in [-0.4, -0.2) is 28.7 Å². The molecule has 2 N–H and O–H groups in total. The Labute approximate surface area is 163 Å². The fraction of sp³-hybridized carbons (Fsp3) is 0.450. The summed E-state index contributed by atoms with van der Waals surface area (Å²) in [5.41, 5.74) is 1.84. The zero-order valence-electron chi connectivity index (χ0n) is 15.5. The Morgan fingerprint density at radius 3 is 2.70 bits per heavy atom. The lowest BCUT2D eigenvalue weighted by atomic mass is 10.2. The van der Waals surface area contributed by atoms with Crippen LogP contribution < -0.4 is 10.6 Å². The van der Waals surface area contributed by atoms with Crippen molar-refractivity contribution in [2.75, 3.05) is 5.75 Å². The van der Waals surface area contributed by atoms with E-state index in [1.165, 1.54) is 0 Å². The van der Waals surface area contributed by atoms with Crippen molar-refractivity contribution in [3.05, 3.63) is 41.8 Å². The third-order valence-electron chi connectivity index (χ3n) is 4.57. The number of benzene rings is 1. The molecule has 7 heteroatoms. The Bertz CT molecular complexity index is 770. The van der Waals surface area contributed by atoms with Crippen molar-refractivity contribution < 1.29 is 14.0 Å². The lowest BCUT2D eigenvalue weighted by molar-refractivity contribution is -0.119. The molecule has 3 rings (SSSR count). The molecular formula is C20H25N3O3S. The smallest absolute Gasteiger partial charge is 0.321 e. The molecule has 1 fully saturated rings. The van der Waals surface area contributed by atoms with Crippen molar-refractivity contribution in [2.24, 2.45) is 0 Å². The molecule has 1 aliphatic rings. The van der Waals surface area contributed by atoms with Crippen LogP contribution in [-0.2, 0) is 10.5 Å². The van der Waals surface area contributed by atoms with Crippen LogP contribution in [0, 0.1) is 6.92 Å². The number of nitrogens with zero attached hydrogens (tertiary/aromatic N) is 1. The lowest BCUT2D eigenvalue weighted by Gasteiger charge is -2.12. The summed E-state index contributed by atoms with van der Waals surface area (Å²) in [6, 6.07) is 9.61. The first-order chi connectivity index (χ1) is 13.1. The SMILES string of the molecule is Cc1oc(-c2ccccc2)nc1CSCCC(=O)NC(=O)NC1CCCC1. The summed E-state index contributed by atoms with van der Waals surface area (Å²) in [5, 5.41) is 5.26. The fourth-order valence-electron chi connectivity index (χ4n) is 3.08. The van der Waals surface area contributed by atoms with Crippen LogP contribution in [0.25, 0.3) is 11.5 Å². The minimum absolute atomic E-state index is 0.209. The van der Waals surface area contributed by atoms with Crippen LogP contribution in [0.1, 0.15) is 43.6 Å². The Hall–Kier alpha value is -2.28. The number of rotatable bonds is 7. The van der Waals surface area contributed by atoms with Gasteiger partial charge in [-0.1, -0.05) is 31.0 Å². The molecule has 2 aromatic rings. The third-order valence-corrected chi connectivity index (χ3v) is 5.54. The molecular weight excluding hydrogens is 362 g/mol. The second-order valence-electron chi connectivity index (χ2n) is 6.69. The molecule has 0 aliphatic heterocycles. The standard InChI is InChI=1S/C20H25N3O3S/c1-14-17(22-19(26-14)15-7-3-2-4-8-15)13-27-12-11-18(24)23-20(25)21-16-9-5-6-10-16/h2-4,7-8,16H,5-6,9-13H2,1H3,(H2,21,23,24,25). The van der Waals surface area contributed by atoms with Gasteiger partial charge >= 0.3 is 6.03 Å². The van der Waals surface area contributed by atoms with Gasteiger partial charge in [-0.05, 0) is 31.9 Å². The quantitative estimate of drug-likeness (QED) is 0.701. The number of carbonyl (C=O) groups excluding carboxylic acids is 2. The zero-order chi connectivity index (χ0) is 19.1. The van der Waals surface area contributed by atoms with Gasteiger partial charge in [-0.25, -0.2) is 9.78 Å². The zero-order valence-corrected chi connectivity index (χ0v) is 16.3. The van der Waals surface area contributed by atoms with Gasteiger partial charge in [0.25, 0.3) is 0 Å². The number of imide groups is 1. The summed E-state index contributed by atoms with van der Waals surface area (Å²) in [5.74, 6) is 2.45. The molecule has 1 saturated carbocycles. The summed E-state index contributed by atoms with van der Waals surface area (Å²) in [7, 11) is 0. The highest BCUT2D eigenvalue weighted by Crippen LogP contribution is 2.24. The van der Waals surface area contributed by atoms with Crippen LogP contribution in [0.15, 0.2) is 34.7 Å². The molecule has 1 aromatic heterocycles. The molecule has 0 spiro atoms. The first-order valence-electron chi connectivity index (χ1n) is 9.31. The van der Waals surface area contributed by atoms with Gasteiger partial charge < -0.3 is 9.73 Å². The van der Waals surface area contributed by atoms with Gasteiger partial charge in [-0.2, -0.15) is 11.8 Å². The van der Waals surface area contributed by atoms with E-state index < -0.39 is 0 Å². The molecule has 0 unspecified atom stereocenters. The number of carbonyl (C=O) groups is 2. The maximum Gasteiger partial charge on any atom is 0.321 e. The number of aromatic nitrogens is 1. The molecule has 1 aromatic carbocycles. The molecule has 27 heavy (non-hydrogen) atoms. The van der Waals surface area contributed by atoms with Crippen LogP contribution in [0.2, 0.25) is 0 Å². The van der Waals surface area contributed by atoms with Gasteiger partial charge in [0, 0.05) is 29.5 Å². The van der Waals surface area contributed by atoms with Crippen LogP contribution in [0.3, 0.4) is 0 Å². The van der Waals surface area contributed by atoms with Crippen molar-refractivity contribution in [1.82, 2.24) is 15.6 Å². The molecule has 3 amide bonds. The minimum atomic E-state index is -0.378. The summed E-state index contributed by atoms with van der Waals surface area (Å²) >= 11 is 1.60. The molecule has 1 aliphatic carbocycles. The number of amides is 3. The molecule has 0 saturated heterocycles. The first kappa shape index (κ1) is 19.5. The monoisotopic (exact) mass is 387 g/mol. The average Bonchev–Trinajstić information content (AvgIpc) is 3.29. The second-order valence-corrected chi connectivity index (χ2v) is 7.80. The van der Waals surface area contributed by atoms with Crippen LogP contribution in [0.4, 0.5) is 4.79 Å². The third kappa shape index (κ3) is 5.85. The second kappa shape index (κ2) is 9.60.